The molecule has 0 saturated carbocycles. The molecule has 0 bridgehead atoms. The second-order valence-corrected chi connectivity index (χ2v) is 10.6. The molecule has 0 spiro atoms. The number of Topliss-reactive ketones (excluding diaryl/α,β-unsaturated/α-hetero) is 1. The third-order valence-corrected chi connectivity index (χ3v) is 6.98. The van der Waals surface area contributed by atoms with Crippen LogP contribution in [0.5, 0.6) is 5.75 Å². The number of nitrogens with zero attached hydrogens (tertiary/aromatic N) is 1. The van der Waals surface area contributed by atoms with Crippen LogP contribution in [0.3, 0.4) is 0 Å². The molecule has 0 aromatic heterocycles. The number of nitrogens with one attached hydrogen (secondary N) is 2. The Hall–Kier alpha value is -2.65. The fraction of sp³-hybridized carbons (Fsp3) is 0.654. The lowest BCUT2D eigenvalue weighted by molar-refractivity contribution is -0.149. The maximum atomic E-state index is 12.4. The van der Waals surface area contributed by atoms with Crippen molar-refractivity contribution in [3.05, 3.63) is 29.3 Å². The van der Waals surface area contributed by atoms with Gasteiger partial charge >= 0.3 is 6.09 Å². The number of likely N-dealkylation sites (tertiary alicyclic amines) is 1. The van der Waals surface area contributed by atoms with Crippen molar-refractivity contribution in [2.45, 2.75) is 77.2 Å². The third-order valence-electron chi connectivity index (χ3n) is 6.98. The molecule has 1 fully saturated rings. The first-order chi connectivity index (χ1) is 16.4. The van der Waals surface area contributed by atoms with Crippen LogP contribution in [0, 0.1) is 11.3 Å². The van der Waals surface area contributed by atoms with Crippen LogP contribution < -0.4 is 10.1 Å². The van der Waals surface area contributed by atoms with Gasteiger partial charge in [-0.1, -0.05) is 0 Å². The van der Waals surface area contributed by atoms with Gasteiger partial charge in [-0.15, -0.1) is 0 Å². The Morgan fingerprint density at radius 1 is 1.26 bits per heavy atom. The summed E-state index contributed by atoms with van der Waals surface area (Å²) in [4.78, 5) is 26.2. The van der Waals surface area contributed by atoms with Crippen LogP contribution in [0.4, 0.5) is 4.79 Å². The van der Waals surface area contributed by atoms with Gasteiger partial charge in [-0.2, -0.15) is 0 Å². The van der Waals surface area contributed by atoms with Crippen LogP contribution in [0.1, 0.15) is 58.6 Å². The van der Waals surface area contributed by atoms with E-state index in [-0.39, 0.29) is 42.4 Å². The van der Waals surface area contributed by atoms with Gasteiger partial charge in [-0.25, -0.2) is 4.79 Å². The molecular weight excluding hydrogens is 450 g/mol. The smallest absolute Gasteiger partial charge is 0.410 e. The maximum Gasteiger partial charge on any atom is 0.410 e. The highest BCUT2D eigenvalue weighted by atomic mass is 16.6. The van der Waals surface area contributed by atoms with E-state index in [1.54, 1.807) is 11.8 Å². The zero-order valence-electron chi connectivity index (χ0n) is 21.6. The number of piperidine rings is 1. The maximum absolute atomic E-state index is 12.4. The number of ether oxygens (including phenoxy) is 3. The van der Waals surface area contributed by atoms with E-state index in [1.807, 2.05) is 39.0 Å². The SMILES string of the molecule is CO[C@](C)(C(C)=O)[C@H]1CCc2cc(C(=N)N[C@H]3CCN(C(=O)OC(C)(C)C)C[C@H]3CO)ccc2O1. The average Bonchev–Trinajstić information content (AvgIpc) is 2.81. The fourth-order valence-corrected chi connectivity index (χ4v) is 4.60. The average molecular weight is 490 g/mol. The summed E-state index contributed by atoms with van der Waals surface area (Å²) in [5, 5.41) is 21.8. The molecule has 1 aromatic carbocycles. The van der Waals surface area contributed by atoms with Crippen molar-refractivity contribution in [3.8, 4) is 5.75 Å². The Balaban J connectivity index is 1.64. The summed E-state index contributed by atoms with van der Waals surface area (Å²) in [6, 6.07) is 5.44. The largest absolute Gasteiger partial charge is 0.487 e. The van der Waals surface area contributed by atoms with E-state index < -0.39 is 11.2 Å². The predicted molar refractivity (Wildman–Crippen MR) is 132 cm³/mol. The molecule has 2 aliphatic rings. The van der Waals surface area contributed by atoms with Gasteiger partial charge in [0.25, 0.3) is 0 Å². The van der Waals surface area contributed by atoms with Gasteiger partial charge in [0.2, 0.25) is 0 Å². The lowest BCUT2D eigenvalue weighted by Gasteiger charge is -2.39. The number of aryl methyl sites for hydroxylation is 1. The van der Waals surface area contributed by atoms with E-state index in [0.717, 1.165) is 11.1 Å². The van der Waals surface area contributed by atoms with Gasteiger partial charge in [-0.3, -0.25) is 10.2 Å². The molecular formula is C26H39N3O6. The van der Waals surface area contributed by atoms with E-state index in [9.17, 15) is 14.7 Å². The molecule has 0 unspecified atom stereocenters. The highest BCUT2D eigenvalue weighted by Crippen LogP contribution is 2.34. The van der Waals surface area contributed by atoms with Crippen molar-refractivity contribution < 1.29 is 28.9 Å². The Labute approximate surface area is 207 Å². The normalized spacial score (nSPS) is 24.0. The number of benzene rings is 1. The summed E-state index contributed by atoms with van der Waals surface area (Å²) in [6.45, 7) is 9.50. The molecule has 4 atom stereocenters. The topological polar surface area (TPSA) is 121 Å². The molecule has 35 heavy (non-hydrogen) atoms. The third kappa shape index (κ3) is 6.13. The number of fused-ring (bicyclic) bond motifs is 1. The number of hydrogen-bond donors (Lipinski definition) is 3. The standard InChI is InChI=1S/C26H39N3O6/c1-16(31)26(5,33-6)22-10-8-17-13-18(7-9-21(17)34-22)23(27)28-20-11-12-29(14-19(20)15-30)24(32)35-25(2,3)4/h7,9,13,19-20,22,30H,8,10-12,14-15H2,1-6H3,(H2,27,28)/t19-,20-,22+,26+/m0/s1. The first-order valence-electron chi connectivity index (χ1n) is 12.2. The molecule has 194 valence electrons. The van der Waals surface area contributed by atoms with Crippen LogP contribution in [0.25, 0.3) is 0 Å². The van der Waals surface area contributed by atoms with Gasteiger partial charge in [0.15, 0.2) is 11.4 Å². The van der Waals surface area contributed by atoms with Crippen LogP contribution in [0.15, 0.2) is 18.2 Å². The summed E-state index contributed by atoms with van der Waals surface area (Å²) in [7, 11) is 1.52. The number of amides is 1. The molecule has 3 N–H and O–H groups in total. The molecule has 0 radical (unpaired) electrons. The van der Waals surface area contributed by atoms with Gasteiger partial charge < -0.3 is 29.5 Å². The number of carbonyl (C=O) groups is 2. The van der Waals surface area contributed by atoms with E-state index in [2.05, 4.69) is 5.32 Å². The summed E-state index contributed by atoms with van der Waals surface area (Å²) in [5.74, 6) is 0.666. The number of amidine groups is 1. The lowest BCUT2D eigenvalue weighted by atomic mass is 9.87. The van der Waals surface area contributed by atoms with Crippen molar-refractivity contribution >= 4 is 17.7 Å². The number of methoxy groups -OCH3 is 1. The molecule has 1 saturated heterocycles. The first-order valence-corrected chi connectivity index (χ1v) is 12.2. The molecule has 0 aliphatic carbocycles. The first kappa shape index (κ1) is 26.9. The number of aliphatic hydroxyl groups excluding tert-OH is 1. The number of carbonyl (C=O) groups excluding carboxylic acids is 2. The second-order valence-electron chi connectivity index (χ2n) is 10.6. The number of aliphatic hydroxyl groups is 1. The van der Waals surface area contributed by atoms with Crippen molar-refractivity contribution in [1.29, 1.82) is 5.41 Å². The molecule has 2 aliphatic heterocycles. The molecule has 2 heterocycles. The van der Waals surface area contributed by atoms with Gasteiger partial charge in [-0.05, 0) is 77.6 Å². The van der Waals surface area contributed by atoms with Crippen molar-refractivity contribution in [2.75, 3.05) is 26.8 Å². The van der Waals surface area contributed by atoms with Gasteiger partial charge in [0.1, 0.15) is 23.3 Å². The van der Waals surface area contributed by atoms with Crippen LogP contribution in [0.2, 0.25) is 0 Å². The minimum atomic E-state index is -1.00. The van der Waals surface area contributed by atoms with Crippen LogP contribution in [-0.2, 0) is 20.7 Å². The summed E-state index contributed by atoms with van der Waals surface area (Å²) < 4.78 is 17.1. The Morgan fingerprint density at radius 3 is 2.57 bits per heavy atom. The summed E-state index contributed by atoms with van der Waals surface area (Å²) >= 11 is 0. The molecule has 9 heteroatoms. The zero-order chi connectivity index (χ0) is 26.0. The van der Waals surface area contributed by atoms with E-state index >= 15 is 0 Å². The van der Waals surface area contributed by atoms with Crippen molar-refractivity contribution in [2.24, 2.45) is 5.92 Å². The van der Waals surface area contributed by atoms with E-state index in [4.69, 9.17) is 19.6 Å². The minimum Gasteiger partial charge on any atom is -0.487 e. The Bertz CT molecular complexity index is 959. The monoisotopic (exact) mass is 489 g/mol. The van der Waals surface area contributed by atoms with Crippen LogP contribution in [-0.4, -0.2) is 77.9 Å². The predicted octanol–water partition coefficient (Wildman–Crippen LogP) is 2.91. The highest BCUT2D eigenvalue weighted by molar-refractivity contribution is 5.97. The molecule has 9 nitrogen and oxygen atoms in total. The molecule has 1 amide bonds. The minimum absolute atomic E-state index is 0.0767. The van der Waals surface area contributed by atoms with E-state index in [1.165, 1.54) is 14.0 Å². The quantitative estimate of drug-likeness (QED) is 0.415. The second kappa shape index (κ2) is 10.5. The summed E-state index contributed by atoms with van der Waals surface area (Å²) in [5.41, 5.74) is 0.120. The number of ketones is 1. The van der Waals surface area contributed by atoms with Gasteiger partial charge in [0.05, 0.1) is 0 Å². The van der Waals surface area contributed by atoms with Gasteiger partial charge in [0, 0.05) is 44.3 Å². The number of rotatable bonds is 6. The Morgan fingerprint density at radius 2 is 1.97 bits per heavy atom. The summed E-state index contributed by atoms with van der Waals surface area (Å²) in [6.07, 6.45) is 1.19. The zero-order valence-corrected chi connectivity index (χ0v) is 21.6. The van der Waals surface area contributed by atoms with Crippen LogP contribution >= 0.6 is 0 Å². The number of hydrogen-bond acceptors (Lipinski definition) is 7. The Kier molecular flexibility index (Phi) is 8.11. The highest BCUT2D eigenvalue weighted by Gasteiger charge is 2.42. The van der Waals surface area contributed by atoms with Crippen molar-refractivity contribution in [1.82, 2.24) is 10.2 Å². The molecule has 3 rings (SSSR count). The molecule has 1 aromatic rings. The van der Waals surface area contributed by atoms with Crippen molar-refractivity contribution in [3.63, 3.8) is 0 Å². The van der Waals surface area contributed by atoms with E-state index in [0.29, 0.717) is 38.1 Å². The lowest BCUT2D eigenvalue weighted by Crippen LogP contribution is -2.54. The fourth-order valence-electron chi connectivity index (χ4n) is 4.60.